The summed E-state index contributed by atoms with van der Waals surface area (Å²) in [5.41, 5.74) is 0.858. The Morgan fingerprint density at radius 2 is 2.04 bits per heavy atom. The predicted molar refractivity (Wildman–Crippen MR) is 106 cm³/mol. The fourth-order valence-electron chi connectivity index (χ4n) is 3.32. The van der Waals surface area contributed by atoms with Crippen LogP contribution in [0.1, 0.15) is 24.6 Å². The summed E-state index contributed by atoms with van der Waals surface area (Å²) in [4.78, 5) is 15.8. The Labute approximate surface area is 164 Å². The van der Waals surface area contributed by atoms with Crippen molar-refractivity contribution in [2.24, 2.45) is 0 Å². The fourth-order valence-corrected chi connectivity index (χ4v) is 4.39. The van der Waals surface area contributed by atoms with E-state index in [2.05, 4.69) is 26.1 Å². The molecule has 0 aliphatic carbocycles. The van der Waals surface area contributed by atoms with Crippen molar-refractivity contribution in [1.29, 1.82) is 0 Å². The molecule has 1 saturated heterocycles. The average Bonchev–Trinajstić information content (AvgIpc) is 3.11. The Hall–Kier alpha value is -1.86. The van der Waals surface area contributed by atoms with Crippen molar-refractivity contribution in [2.75, 3.05) is 18.8 Å². The lowest BCUT2D eigenvalue weighted by atomic mass is 9.97. The molecule has 5 nitrogen and oxygen atoms in total. The summed E-state index contributed by atoms with van der Waals surface area (Å²) in [6.07, 6.45) is 4.04. The largest absolute Gasteiger partial charge is 0.341 e. The second-order valence-electron chi connectivity index (χ2n) is 6.41. The second kappa shape index (κ2) is 7.80. The quantitative estimate of drug-likeness (QED) is 0.587. The highest BCUT2D eigenvalue weighted by molar-refractivity contribution is 9.10. The van der Waals surface area contributed by atoms with Gasteiger partial charge in [0.15, 0.2) is 5.65 Å². The van der Waals surface area contributed by atoms with Gasteiger partial charge in [-0.3, -0.25) is 9.20 Å². The molecule has 3 heterocycles. The molecular weight excluding hydrogens is 412 g/mol. The lowest BCUT2D eigenvalue weighted by Crippen LogP contribution is -2.40. The van der Waals surface area contributed by atoms with Gasteiger partial charge in [0.05, 0.1) is 5.75 Å². The van der Waals surface area contributed by atoms with Gasteiger partial charge in [0.25, 0.3) is 0 Å². The Morgan fingerprint density at radius 1 is 1.19 bits per heavy atom. The third-order valence-electron chi connectivity index (χ3n) is 4.66. The summed E-state index contributed by atoms with van der Waals surface area (Å²) in [7, 11) is 0. The number of hydrogen-bond acceptors (Lipinski definition) is 4. The standard InChI is InChI=1S/C19H19BrN4OS/c20-15-6-8-16(9-7-15)26-13-18(25)23-10-3-4-14(12-23)19-22-21-17-5-1-2-11-24(17)19/h1-2,5-9,11,14H,3-4,10,12-13H2/t14-/m0/s1. The minimum absolute atomic E-state index is 0.191. The highest BCUT2D eigenvalue weighted by Crippen LogP contribution is 2.27. The van der Waals surface area contributed by atoms with E-state index in [4.69, 9.17) is 0 Å². The molecule has 1 aliphatic rings. The number of carbonyl (C=O) groups is 1. The molecule has 134 valence electrons. The van der Waals surface area contributed by atoms with E-state index < -0.39 is 0 Å². The average molecular weight is 431 g/mol. The maximum Gasteiger partial charge on any atom is 0.232 e. The molecule has 0 bridgehead atoms. The predicted octanol–water partition coefficient (Wildman–Crippen LogP) is 3.99. The van der Waals surface area contributed by atoms with Crippen LogP contribution < -0.4 is 0 Å². The first-order chi connectivity index (χ1) is 12.7. The van der Waals surface area contributed by atoms with Crippen LogP contribution in [0, 0.1) is 0 Å². The number of piperidine rings is 1. The van der Waals surface area contributed by atoms with Crippen LogP contribution in [0.25, 0.3) is 5.65 Å². The molecule has 0 spiro atoms. The van der Waals surface area contributed by atoms with Crippen LogP contribution in [0.3, 0.4) is 0 Å². The third-order valence-corrected chi connectivity index (χ3v) is 6.18. The van der Waals surface area contributed by atoms with Crippen LogP contribution in [0.4, 0.5) is 0 Å². The Bertz CT molecular complexity index is 911. The smallest absolute Gasteiger partial charge is 0.232 e. The first-order valence-corrected chi connectivity index (χ1v) is 10.4. The van der Waals surface area contributed by atoms with E-state index in [9.17, 15) is 4.79 Å². The number of benzene rings is 1. The van der Waals surface area contributed by atoms with E-state index in [1.165, 1.54) is 0 Å². The minimum atomic E-state index is 0.191. The van der Waals surface area contributed by atoms with E-state index in [0.717, 1.165) is 46.8 Å². The number of hydrogen-bond donors (Lipinski definition) is 0. The van der Waals surface area contributed by atoms with E-state index in [0.29, 0.717) is 5.75 Å². The van der Waals surface area contributed by atoms with Crippen LogP contribution in [0.2, 0.25) is 0 Å². The molecule has 0 saturated carbocycles. The number of rotatable bonds is 4. The number of halogens is 1. The summed E-state index contributed by atoms with van der Waals surface area (Å²) in [5.74, 6) is 1.85. The SMILES string of the molecule is O=C(CSc1ccc(Br)cc1)N1CCC[C@H](c2nnc3ccccn23)C1. The van der Waals surface area contributed by atoms with Gasteiger partial charge in [0.2, 0.25) is 5.91 Å². The van der Waals surface area contributed by atoms with Gasteiger partial charge in [-0.2, -0.15) is 0 Å². The van der Waals surface area contributed by atoms with Gasteiger partial charge in [0, 0.05) is 34.6 Å². The molecule has 0 unspecified atom stereocenters. The van der Waals surface area contributed by atoms with E-state index >= 15 is 0 Å². The van der Waals surface area contributed by atoms with Crippen LogP contribution in [-0.2, 0) is 4.79 Å². The van der Waals surface area contributed by atoms with Crippen LogP contribution >= 0.6 is 27.7 Å². The molecule has 26 heavy (non-hydrogen) atoms. The van der Waals surface area contributed by atoms with Gasteiger partial charge < -0.3 is 4.90 Å². The lowest BCUT2D eigenvalue weighted by Gasteiger charge is -2.32. The number of thioether (sulfide) groups is 1. The first-order valence-electron chi connectivity index (χ1n) is 8.66. The Morgan fingerprint density at radius 3 is 2.88 bits per heavy atom. The van der Waals surface area contributed by atoms with Crippen molar-refractivity contribution in [2.45, 2.75) is 23.7 Å². The summed E-state index contributed by atoms with van der Waals surface area (Å²) >= 11 is 5.02. The molecule has 2 aromatic heterocycles. The molecule has 1 aromatic carbocycles. The summed E-state index contributed by atoms with van der Waals surface area (Å²) in [6, 6.07) is 14.0. The van der Waals surface area contributed by atoms with Crippen LogP contribution in [0.15, 0.2) is 58.0 Å². The second-order valence-corrected chi connectivity index (χ2v) is 8.37. The zero-order valence-corrected chi connectivity index (χ0v) is 16.6. The number of likely N-dealkylation sites (tertiary alicyclic amines) is 1. The Kier molecular flexibility index (Phi) is 5.26. The summed E-state index contributed by atoms with van der Waals surface area (Å²) in [6.45, 7) is 1.54. The highest BCUT2D eigenvalue weighted by atomic mass is 79.9. The number of nitrogens with zero attached hydrogens (tertiary/aromatic N) is 4. The van der Waals surface area contributed by atoms with Gasteiger partial charge in [-0.25, -0.2) is 0 Å². The van der Waals surface area contributed by atoms with Gasteiger partial charge in [-0.15, -0.1) is 22.0 Å². The van der Waals surface area contributed by atoms with E-state index in [1.807, 2.05) is 58.0 Å². The van der Waals surface area contributed by atoms with Crippen LogP contribution in [0.5, 0.6) is 0 Å². The van der Waals surface area contributed by atoms with E-state index in [1.54, 1.807) is 11.8 Å². The molecule has 1 amide bonds. The third kappa shape index (κ3) is 3.78. The molecule has 3 aromatic rings. The van der Waals surface area contributed by atoms with Crippen molar-refractivity contribution in [3.05, 3.63) is 59.0 Å². The van der Waals surface area contributed by atoms with Crippen LogP contribution in [-0.4, -0.2) is 44.2 Å². The molecule has 4 rings (SSSR count). The first kappa shape index (κ1) is 17.5. The molecule has 0 radical (unpaired) electrons. The molecule has 1 aliphatic heterocycles. The van der Waals surface area contributed by atoms with Crippen molar-refractivity contribution >= 4 is 39.2 Å². The maximum absolute atomic E-state index is 12.7. The number of fused-ring (bicyclic) bond motifs is 1. The van der Waals surface area contributed by atoms with Crippen molar-refractivity contribution in [3.8, 4) is 0 Å². The van der Waals surface area contributed by atoms with Crippen molar-refractivity contribution in [1.82, 2.24) is 19.5 Å². The van der Waals surface area contributed by atoms with Gasteiger partial charge in [0.1, 0.15) is 5.82 Å². The van der Waals surface area contributed by atoms with E-state index in [-0.39, 0.29) is 11.8 Å². The number of amides is 1. The molecular formula is C19H19BrN4OS. The van der Waals surface area contributed by atoms with Gasteiger partial charge in [-0.1, -0.05) is 22.0 Å². The molecule has 1 fully saturated rings. The van der Waals surface area contributed by atoms with Crippen molar-refractivity contribution in [3.63, 3.8) is 0 Å². The normalized spacial score (nSPS) is 17.6. The zero-order valence-electron chi connectivity index (χ0n) is 14.2. The molecule has 1 atom stereocenters. The number of carbonyl (C=O) groups excluding carboxylic acids is 1. The van der Waals surface area contributed by atoms with Crippen molar-refractivity contribution < 1.29 is 4.79 Å². The number of pyridine rings is 1. The number of aromatic nitrogens is 3. The minimum Gasteiger partial charge on any atom is -0.341 e. The molecule has 0 N–H and O–H groups in total. The van der Waals surface area contributed by atoms with Gasteiger partial charge in [-0.05, 0) is 49.2 Å². The topological polar surface area (TPSA) is 50.5 Å². The highest BCUT2D eigenvalue weighted by Gasteiger charge is 2.27. The monoisotopic (exact) mass is 430 g/mol. The summed E-state index contributed by atoms with van der Waals surface area (Å²) < 4.78 is 3.09. The maximum atomic E-state index is 12.7. The lowest BCUT2D eigenvalue weighted by molar-refractivity contribution is -0.129. The zero-order chi connectivity index (χ0) is 17.9. The summed E-state index contributed by atoms with van der Waals surface area (Å²) in [5, 5.41) is 8.63. The fraction of sp³-hybridized carbons (Fsp3) is 0.316. The Balaban J connectivity index is 1.41. The van der Waals surface area contributed by atoms with Gasteiger partial charge >= 0.3 is 0 Å². The molecule has 7 heteroatoms.